The smallest absolute Gasteiger partial charge is 0.406 e. The van der Waals surface area contributed by atoms with Gasteiger partial charge in [0.25, 0.3) is 0 Å². The van der Waals surface area contributed by atoms with E-state index in [1.54, 1.807) is 7.05 Å². The van der Waals surface area contributed by atoms with Gasteiger partial charge in [0.1, 0.15) is 11.6 Å². The van der Waals surface area contributed by atoms with E-state index in [-0.39, 0.29) is 34.1 Å². The Morgan fingerprint density at radius 1 is 1.03 bits per heavy atom. The molecule has 12 heteroatoms. The van der Waals surface area contributed by atoms with Crippen molar-refractivity contribution in [2.75, 3.05) is 17.8 Å². The summed E-state index contributed by atoms with van der Waals surface area (Å²) in [6, 6.07) is 9.23. The van der Waals surface area contributed by atoms with Gasteiger partial charge in [0.2, 0.25) is 11.9 Å². The standard InChI is InChI=1S/C18H13ClF4N6O/c1-24-16-26-15(14-12(19)3-2-4-13(14)20)27-17(28-16)29-25-9-10-5-7-11(8-6-10)30-18(21,22)23/h2-9H,1H3,(H2,24,26,27,28,29)/b25-9+. The van der Waals surface area contributed by atoms with Gasteiger partial charge in [-0.15, -0.1) is 13.2 Å². The van der Waals surface area contributed by atoms with Crippen molar-refractivity contribution in [2.24, 2.45) is 5.10 Å². The predicted molar refractivity (Wildman–Crippen MR) is 104 cm³/mol. The van der Waals surface area contributed by atoms with E-state index in [4.69, 9.17) is 11.6 Å². The summed E-state index contributed by atoms with van der Waals surface area (Å²) in [5, 5.41) is 6.77. The molecule has 0 aliphatic heterocycles. The van der Waals surface area contributed by atoms with Crippen molar-refractivity contribution in [3.8, 4) is 17.1 Å². The van der Waals surface area contributed by atoms with Crippen molar-refractivity contribution in [1.82, 2.24) is 15.0 Å². The Morgan fingerprint density at radius 3 is 2.37 bits per heavy atom. The lowest BCUT2D eigenvalue weighted by Crippen LogP contribution is -2.17. The highest BCUT2D eigenvalue weighted by atomic mass is 35.5. The Kier molecular flexibility index (Phi) is 6.31. The van der Waals surface area contributed by atoms with Crippen LogP contribution in [0.3, 0.4) is 0 Å². The molecule has 3 aromatic rings. The summed E-state index contributed by atoms with van der Waals surface area (Å²) in [5.74, 6) is -0.826. The Labute approximate surface area is 172 Å². The maximum atomic E-state index is 14.2. The van der Waals surface area contributed by atoms with E-state index in [9.17, 15) is 17.6 Å². The second-order valence-electron chi connectivity index (χ2n) is 5.64. The van der Waals surface area contributed by atoms with Crippen molar-refractivity contribution in [3.05, 3.63) is 58.9 Å². The number of hydrazone groups is 1. The highest BCUT2D eigenvalue weighted by Crippen LogP contribution is 2.29. The zero-order valence-corrected chi connectivity index (χ0v) is 16.0. The van der Waals surface area contributed by atoms with Gasteiger partial charge in [-0.3, -0.25) is 0 Å². The van der Waals surface area contributed by atoms with Crippen molar-refractivity contribution < 1.29 is 22.3 Å². The van der Waals surface area contributed by atoms with Gasteiger partial charge in [0.15, 0.2) is 5.82 Å². The molecule has 7 nitrogen and oxygen atoms in total. The Bertz CT molecular complexity index is 1040. The number of alkyl halides is 3. The monoisotopic (exact) mass is 440 g/mol. The normalized spacial score (nSPS) is 11.5. The van der Waals surface area contributed by atoms with Gasteiger partial charge in [0.05, 0.1) is 16.8 Å². The van der Waals surface area contributed by atoms with Crippen molar-refractivity contribution in [1.29, 1.82) is 0 Å². The van der Waals surface area contributed by atoms with Gasteiger partial charge in [-0.1, -0.05) is 17.7 Å². The molecule has 3 rings (SSSR count). The fourth-order valence-electron chi connectivity index (χ4n) is 2.28. The zero-order chi connectivity index (χ0) is 21.7. The first kappa shape index (κ1) is 21.2. The van der Waals surface area contributed by atoms with Crippen molar-refractivity contribution in [3.63, 3.8) is 0 Å². The average molecular weight is 441 g/mol. The average Bonchev–Trinajstić information content (AvgIpc) is 2.68. The van der Waals surface area contributed by atoms with Crippen LogP contribution in [0.15, 0.2) is 47.6 Å². The highest BCUT2D eigenvalue weighted by Gasteiger charge is 2.30. The molecule has 0 atom stereocenters. The molecule has 0 bridgehead atoms. The second-order valence-corrected chi connectivity index (χ2v) is 6.05. The summed E-state index contributed by atoms with van der Waals surface area (Å²) in [6.45, 7) is 0. The molecular formula is C18H13ClF4N6O. The first-order valence-electron chi connectivity index (χ1n) is 8.28. The minimum Gasteiger partial charge on any atom is -0.406 e. The van der Waals surface area contributed by atoms with Gasteiger partial charge >= 0.3 is 6.36 Å². The number of nitrogens with zero attached hydrogens (tertiary/aromatic N) is 4. The molecule has 2 aromatic carbocycles. The number of anilines is 2. The van der Waals surface area contributed by atoms with Crippen LogP contribution >= 0.6 is 11.6 Å². The number of ether oxygens (including phenoxy) is 1. The molecule has 0 spiro atoms. The molecule has 0 aliphatic carbocycles. The second kappa shape index (κ2) is 8.91. The maximum absolute atomic E-state index is 14.2. The number of aromatic nitrogens is 3. The first-order valence-corrected chi connectivity index (χ1v) is 8.66. The molecule has 0 amide bonds. The van der Waals surface area contributed by atoms with Crippen LogP contribution in [0.1, 0.15) is 5.56 Å². The molecule has 1 aromatic heterocycles. The summed E-state index contributed by atoms with van der Waals surface area (Å²) < 4.78 is 54.5. The van der Waals surface area contributed by atoms with Crippen molar-refractivity contribution in [2.45, 2.75) is 6.36 Å². The largest absolute Gasteiger partial charge is 0.573 e. The summed E-state index contributed by atoms with van der Waals surface area (Å²) in [5.41, 5.74) is 3.05. The fourth-order valence-corrected chi connectivity index (χ4v) is 2.53. The van der Waals surface area contributed by atoms with E-state index < -0.39 is 12.2 Å². The SMILES string of the molecule is CNc1nc(N/N=C/c2ccc(OC(F)(F)F)cc2)nc(-c2c(F)cccc2Cl)n1. The lowest BCUT2D eigenvalue weighted by Gasteiger charge is -2.09. The number of benzene rings is 2. The topological polar surface area (TPSA) is 84.3 Å². The minimum atomic E-state index is -4.76. The molecule has 0 saturated heterocycles. The highest BCUT2D eigenvalue weighted by molar-refractivity contribution is 6.33. The number of rotatable bonds is 6. The third kappa shape index (κ3) is 5.54. The van der Waals surface area contributed by atoms with Crippen LogP contribution in [-0.2, 0) is 0 Å². The third-order valence-electron chi connectivity index (χ3n) is 3.54. The van der Waals surface area contributed by atoms with E-state index in [0.717, 1.165) is 12.1 Å². The summed E-state index contributed by atoms with van der Waals surface area (Å²) >= 11 is 6.06. The third-order valence-corrected chi connectivity index (χ3v) is 3.85. The lowest BCUT2D eigenvalue weighted by molar-refractivity contribution is -0.274. The van der Waals surface area contributed by atoms with Crippen LogP contribution in [0.2, 0.25) is 5.02 Å². The van der Waals surface area contributed by atoms with Gasteiger partial charge < -0.3 is 10.1 Å². The van der Waals surface area contributed by atoms with E-state index >= 15 is 0 Å². The van der Waals surface area contributed by atoms with Crippen LogP contribution in [0.4, 0.5) is 29.5 Å². The van der Waals surface area contributed by atoms with E-state index in [1.807, 2.05) is 0 Å². The predicted octanol–water partition coefficient (Wildman–Crippen LogP) is 4.72. The minimum absolute atomic E-state index is 0.00283. The molecule has 0 fully saturated rings. The Balaban J connectivity index is 1.78. The summed E-state index contributed by atoms with van der Waals surface area (Å²) in [4.78, 5) is 12.2. The number of nitrogens with one attached hydrogen (secondary N) is 2. The first-order chi connectivity index (χ1) is 14.2. The van der Waals surface area contributed by atoms with Crippen LogP contribution in [0, 0.1) is 5.82 Å². The number of hydrogen-bond acceptors (Lipinski definition) is 7. The summed E-state index contributed by atoms with van der Waals surface area (Å²) in [7, 11) is 1.57. The van der Waals surface area contributed by atoms with Crippen molar-refractivity contribution >= 4 is 29.7 Å². The molecule has 1 heterocycles. The number of halogens is 5. The molecule has 156 valence electrons. The molecule has 0 radical (unpaired) electrons. The van der Waals surface area contributed by atoms with Crippen LogP contribution < -0.4 is 15.5 Å². The van der Waals surface area contributed by atoms with E-state index in [1.165, 1.54) is 36.5 Å². The molecule has 0 unspecified atom stereocenters. The molecular weight excluding hydrogens is 428 g/mol. The Morgan fingerprint density at radius 2 is 1.73 bits per heavy atom. The van der Waals surface area contributed by atoms with Crippen LogP contribution in [0.5, 0.6) is 5.75 Å². The lowest BCUT2D eigenvalue weighted by atomic mass is 10.2. The number of hydrogen-bond donors (Lipinski definition) is 2. The van der Waals surface area contributed by atoms with Gasteiger partial charge in [-0.25, -0.2) is 9.82 Å². The fraction of sp³-hybridized carbons (Fsp3) is 0.111. The Hall–Kier alpha value is -3.47. The van der Waals surface area contributed by atoms with Crippen LogP contribution in [0.25, 0.3) is 11.4 Å². The van der Waals surface area contributed by atoms with Gasteiger partial charge in [-0.2, -0.15) is 20.1 Å². The molecule has 0 aliphatic rings. The van der Waals surface area contributed by atoms with Crippen LogP contribution in [-0.4, -0.2) is 34.6 Å². The van der Waals surface area contributed by atoms with E-state index in [0.29, 0.717) is 5.56 Å². The van der Waals surface area contributed by atoms with Gasteiger partial charge in [0, 0.05) is 7.05 Å². The molecule has 2 N–H and O–H groups in total. The van der Waals surface area contributed by atoms with Gasteiger partial charge in [-0.05, 0) is 42.0 Å². The molecule has 30 heavy (non-hydrogen) atoms. The zero-order valence-electron chi connectivity index (χ0n) is 15.2. The molecule has 0 saturated carbocycles. The summed E-state index contributed by atoms with van der Waals surface area (Å²) in [6.07, 6.45) is -3.43. The van der Waals surface area contributed by atoms with E-state index in [2.05, 4.69) is 35.5 Å². The quantitative estimate of drug-likeness (QED) is 0.328. The maximum Gasteiger partial charge on any atom is 0.573 e.